The number of aliphatic carboxylic acids is 3. The third-order valence-corrected chi connectivity index (χ3v) is 9.08. The van der Waals surface area contributed by atoms with Crippen LogP contribution in [0.3, 0.4) is 0 Å². The Labute approximate surface area is 300 Å². The van der Waals surface area contributed by atoms with Gasteiger partial charge in [0.05, 0.1) is 55.0 Å². The number of nitrogens with two attached hydrogens (primary N) is 1. The van der Waals surface area contributed by atoms with E-state index in [2.05, 4.69) is 0 Å². The Kier molecular flexibility index (Phi) is 12.4. The first-order valence-corrected chi connectivity index (χ1v) is 15.4. The summed E-state index contributed by atoms with van der Waals surface area (Å²) in [7, 11) is 1.34. The van der Waals surface area contributed by atoms with E-state index in [0.717, 1.165) is 0 Å². The van der Waals surface area contributed by atoms with E-state index in [1.165, 1.54) is 32.2 Å². The van der Waals surface area contributed by atoms with Crippen molar-refractivity contribution in [2.24, 2.45) is 5.73 Å². The third kappa shape index (κ3) is 7.73. The van der Waals surface area contributed by atoms with Gasteiger partial charge in [-0.1, -0.05) is 12.1 Å². The molecule has 2 aliphatic carbocycles. The SMILES string of the molecule is COc1cccc2c1C(=O)c1c(O)c3c(c(O)c1C2=O)C[C@@](O)(C(C)=O)C[C@@H]3O[C@H]1C[C@H](N)[C@H](O)[C@H](C)O1.Cl.O=C(O)CC(O)(CC(=O)O)C(=O)O. The number of halogens is 1. The maximum absolute atomic E-state index is 13.6. The van der Waals surface area contributed by atoms with Crippen LogP contribution in [0.15, 0.2) is 18.2 Å². The van der Waals surface area contributed by atoms with Crippen LogP contribution >= 0.6 is 12.4 Å². The standard InChI is InChI=1S/C27H29NO10.C6H8O7.ClH/c1-10-22(30)14(28)7-17(37-10)38-16-9-27(35,11(2)29)8-13-19(16)26(34)21-20(24(13)32)23(31)12-5-4-6-15(36-3)18(12)25(21)33;7-3(8)1-6(13,5(11)12)2-4(9)10;/h4-6,10,14,16-17,22,30,32,34-35H,7-9,28H2,1-3H3;13H,1-2H2,(H,7,8)(H,9,10)(H,11,12);1H/t10-,14-,16-,17-,22+,27-;;/m0../s1. The number of aliphatic hydroxyl groups is 3. The molecule has 52 heavy (non-hydrogen) atoms. The van der Waals surface area contributed by atoms with Gasteiger partial charge in [0.15, 0.2) is 23.5 Å². The van der Waals surface area contributed by atoms with Crippen LogP contribution < -0.4 is 10.5 Å². The molecule has 0 aromatic heterocycles. The van der Waals surface area contributed by atoms with E-state index in [0.29, 0.717) is 0 Å². The largest absolute Gasteiger partial charge is 0.507 e. The predicted molar refractivity (Wildman–Crippen MR) is 175 cm³/mol. The van der Waals surface area contributed by atoms with E-state index in [9.17, 15) is 49.2 Å². The fraction of sp³-hybridized carbons (Fsp3) is 0.455. The first kappa shape index (κ1) is 41.7. The fourth-order valence-corrected chi connectivity index (χ4v) is 6.37. The van der Waals surface area contributed by atoms with Gasteiger partial charge in [0.25, 0.3) is 0 Å². The molecule has 19 heteroatoms. The van der Waals surface area contributed by atoms with Crippen LogP contribution in [-0.2, 0) is 35.1 Å². The average Bonchev–Trinajstić information content (AvgIpc) is 3.02. The number of carboxylic acid groups (broad SMARTS) is 3. The van der Waals surface area contributed by atoms with Crippen molar-refractivity contribution in [3.05, 3.63) is 51.6 Å². The zero-order chi connectivity index (χ0) is 38.3. The molecular weight excluding hydrogens is 718 g/mol. The van der Waals surface area contributed by atoms with Gasteiger partial charge in [-0.25, -0.2) is 4.79 Å². The monoisotopic (exact) mass is 755 g/mol. The molecule has 1 saturated heterocycles. The fourth-order valence-electron chi connectivity index (χ4n) is 6.37. The molecule has 5 rings (SSSR count). The Bertz CT molecular complexity index is 1780. The second-order valence-corrected chi connectivity index (χ2v) is 12.6. The number of carbonyl (C=O) groups is 6. The Morgan fingerprint density at radius 1 is 1.00 bits per heavy atom. The topological polar surface area (TPSA) is 318 Å². The van der Waals surface area contributed by atoms with Gasteiger partial charge in [0, 0.05) is 42.0 Å². The number of phenolic OH excluding ortho intramolecular Hbond substituents is 2. The summed E-state index contributed by atoms with van der Waals surface area (Å²) in [5, 5.41) is 77.9. The molecule has 10 N–H and O–H groups in total. The summed E-state index contributed by atoms with van der Waals surface area (Å²) in [5.41, 5.74) is 0.234. The molecule has 3 aliphatic rings. The molecule has 0 amide bonds. The number of carbonyl (C=O) groups excluding carboxylic acids is 3. The van der Waals surface area contributed by atoms with E-state index in [-0.39, 0.29) is 53.3 Å². The van der Waals surface area contributed by atoms with Gasteiger partial charge < -0.3 is 60.8 Å². The van der Waals surface area contributed by atoms with Crippen LogP contribution in [0.25, 0.3) is 0 Å². The number of hydrogen-bond acceptors (Lipinski definition) is 15. The minimum absolute atomic E-state index is 0. The van der Waals surface area contributed by atoms with Gasteiger partial charge >= 0.3 is 17.9 Å². The van der Waals surface area contributed by atoms with E-state index in [1.807, 2.05) is 0 Å². The predicted octanol–water partition coefficient (Wildman–Crippen LogP) is 0.202. The summed E-state index contributed by atoms with van der Waals surface area (Å²) in [6.45, 7) is 2.79. The number of aliphatic hydroxyl groups excluding tert-OH is 1. The minimum Gasteiger partial charge on any atom is -0.507 e. The molecule has 1 aliphatic heterocycles. The van der Waals surface area contributed by atoms with Crippen LogP contribution in [0.5, 0.6) is 17.2 Å². The molecule has 1 heterocycles. The number of Topliss-reactive ketones (excluding diaryl/α,β-unsaturated/α-hetero) is 1. The Morgan fingerprint density at radius 3 is 2.08 bits per heavy atom. The van der Waals surface area contributed by atoms with Gasteiger partial charge in [0.1, 0.15) is 22.8 Å². The van der Waals surface area contributed by atoms with Crippen molar-refractivity contribution in [2.75, 3.05) is 7.11 Å². The normalized spacial score (nSPS) is 24.9. The molecule has 18 nitrogen and oxygen atoms in total. The lowest BCUT2D eigenvalue weighted by molar-refractivity contribution is -0.247. The lowest BCUT2D eigenvalue weighted by Gasteiger charge is -2.42. The van der Waals surface area contributed by atoms with E-state index >= 15 is 0 Å². The van der Waals surface area contributed by atoms with Crippen LogP contribution in [0.4, 0.5) is 0 Å². The number of benzene rings is 2. The van der Waals surface area contributed by atoms with Crippen molar-refractivity contribution in [2.45, 2.75) is 87.8 Å². The van der Waals surface area contributed by atoms with Gasteiger partial charge in [-0.15, -0.1) is 12.4 Å². The number of hydrogen-bond donors (Lipinski definition) is 9. The van der Waals surface area contributed by atoms with Crippen molar-refractivity contribution >= 4 is 47.7 Å². The Morgan fingerprint density at radius 2 is 1.58 bits per heavy atom. The highest BCUT2D eigenvalue weighted by atomic mass is 35.5. The van der Waals surface area contributed by atoms with E-state index < -0.39 is 119 Å². The van der Waals surface area contributed by atoms with E-state index in [4.69, 9.17) is 40.4 Å². The van der Waals surface area contributed by atoms with Gasteiger partial charge in [0.2, 0.25) is 5.78 Å². The molecule has 2 aromatic carbocycles. The number of phenols is 2. The molecule has 0 unspecified atom stereocenters. The molecule has 1 fully saturated rings. The second kappa shape index (κ2) is 15.5. The molecule has 0 saturated carbocycles. The third-order valence-electron chi connectivity index (χ3n) is 9.08. The van der Waals surface area contributed by atoms with Crippen molar-refractivity contribution < 1.29 is 83.8 Å². The lowest BCUT2D eigenvalue weighted by atomic mass is 9.72. The smallest absolute Gasteiger partial charge is 0.336 e. The Hall–Kier alpha value is -4.69. The number of methoxy groups -OCH3 is 1. The van der Waals surface area contributed by atoms with Gasteiger partial charge in [-0.3, -0.25) is 24.0 Å². The van der Waals surface area contributed by atoms with Crippen molar-refractivity contribution in [3.8, 4) is 17.2 Å². The minimum atomic E-state index is -2.74. The molecule has 284 valence electrons. The summed E-state index contributed by atoms with van der Waals surface area (Å²) in [5.74, 6) is -8.20. The number of carboxylic acids is 3. The molecule has 0 radical (unpaired) electrons. The highest BCUT2D eigenvalue weighted by Crippen LogP contribution is 2.52. The van der Waals surface area contributed by atoms with Gasteiger partial charge in [-0.2, -0.15) is 0 Å². The van der Waals surface area contributed by atoms with Gasteiger partial charge in [-0.05, 0) is 19.9 Å². The highest BCUT2D eigenvalue weighted by Gasteiger charge is 2.49. The summed E-state index contributed by atoms with van der Waals surface area (Å²) < 4.78 is 17.1. The van der Waals surface area contributed by atoms with Crippen LogP contribution in [0.1, 0.15) is 88.6 Å². The zero-order valence-corrected chi connectivity index (χ0v) is 28.7. The molecule has 2 aromatic rings. The van der Waals surface area contributed by atoms with Crippen LogP contribution in [0, 0.1) is 0 Å². The highest BCUT2D eigenvalue weighted by molar-refractivity contribution is 6.31. The summed E-state index contributed by atoms with van der Waals surface area (Å²) in [6.07, 6.45) is -6.82. The summed E-state index contributed by atoms with van der Waals surface area (Å²) >= 11 is 0. The van der Waals surface area contributed by atoms with Crippen molar-refractivity contribution in [1.82, 2.24) is 0 Å². The molecule has 6 atom stereocenters. The average molecular weight is 756 g/mol. The van der Waals surface area contributed by atoms with Crippen LogP contribution in [0.2, 0.25) is 0 Å². The summed E-state index contributed by atoms with van der Waals surface area (Å²) in [4.78, 5) is 70.1. The molecular formula is C33H38ClNO17. The van der Waals surface area contributed by atoms with Crippen molar-refractivity contribution in [1.29, 1.82) is 0 Å². The number of ether oxygens (including phenoxy) is 3. The first-order valence-electron chi connectivity index (χ1n) is 15.4. The summed E-state index contributed by atoms with van der Waals surface area (Å²) in [6, 6.07) is 3.75. The lowest BCUT2D eigenvalue weighted by Crippen LogP contribution is -2.52. The Balaban J connectivity index is 0.000000447. The zero-order valence-electron chi connectivity index (χ0n) is 27.9. The molecule has 0 spiro atoms. The number of rotatable bonds is 9. The second-order valence-electron chi connectivity index (χ2n) is 12.6. The number of ketones is 3. The number of aromatic hydroxyl groups is 2. The van der Waals surface area contributed by atoms with E-state index in [1.54, 1.807) is 6.92 Å². The quantitative estimate of drug-likeness (QED) is 0.132. The van der Waals surface area contributed by atoms with Crippen molar-refractivity contribution in [3.63, 3.8) is 0 Å². The number of fused-ring (bicyclic) bond motifs is 3. The van der Waals surface area contributed by atoms with Crippen LogP contribution in [-0.4, -0.2) is 119 Å². The first-order chi connectivity index (χ1) is 23.7. The molecule has 0 bridgehead atoms. The maximum Gasteiger partial charge on any atom is 0.336 e. The maximum atomic E-state index is 13.6.